The summed E-state index contributed by atoms with van der Waals surface area (Å²) < 4.78 is 34.6. The zero-order chi connectivity index (χ0) is 23.6. The SMILES string of the molecule is Cc1cc(C(=O)COC(=O)c2ccc(Cl)c(S(=O)(=O)N3CCCCC3)c2)c(C)n1C(C)C. The highest BCUT2D eigenvalue weighted by Gasteiger charge is 2.29. The lowest BCUT2D eigenvalue weighted by Gasteiger charge is -2.26. The number of rotatable bonds is 7. The van der Waals surface area contributed by atoms with E-state index in [2.05, 4.69) is 0 Å². The van der Waals surface area contributed by atoms with Crippen molar-refractivity contribution in [3.05, 3.63) is 51.8 Å². The van der Waals surface area contributed by atoms with Gasteiger partial charge in [0.2, 0.25) is 15.8 Å². The third-order valence-electron chi connectivity index (χ3n) is 5.74. The molecule has 9 heteroatoms. The number of carbonyl (C=O) groups excluding carboxylic acids is 2. The second kappa shape index (κ2) is 9.77. The summed E-state index contributed by atoms with van der Waals surface area (Å²) in [5.74, 6) is -1.09. The third kappa shape index (κ3) is 4.92. The molecule has 2 aromatic rings. The number of aromatic nitrogens is 1. The molecule has 1 fully saturated rings. The fraction of sp³-hybridized carbons (Fsp3) is 0.478. The lowest BCUT2D eigenvalue weighted by atomic mass is 10.1. The van der Waals surface area contributed by atoms with Gasteiger partial charge in [-0.2, -0.15) is 4.31 Å². The fourth-order valence-electron chi connectivity index (χ4n) is 4.22. The quantitative estimate of drug-likeness (QED) is 0.428. The predicted octanol–water partition coefficient (Wildman–Crippen LogP) is 4.55. The number of benzene rings is 1. The Labute approximate surface area is 194 Å². The average molecular weight is 481 g/mol. The number of nitrogens with zero attached hydrogens (tertiary/aromatic N) is 2. The molecule has 0 saturated carbocycles. The van der Waals surface area contributed by atoms with Crippen LogP contribution in [0.25, 0.3) is 0 Å². The van der Waals surface area contributed by atoms with E-state index in [1.54, 1.807) is 6.07 Å². The van der Waals surface area contributed by atoms with Gasteiger partial charge in [-0.25, -0.2) is 13.2 Å². The first kappa shape index (κ1) is 24.5. The van der Waals surface area contributed by atoms with E-state index in [1.807, 2.05) is 32.3 Å². The Morgan fingerprint density at radius 2 is 1.75 bits per heavy atom. The molecule has 32 heavy (non-hydrogen) atoms. The van der Waals surface area contributed by atoms with Crippen LogP contribution in [0.1, 0.15) is 71.3 Å². The minimum Gasteiger partial charge on any atom is -0.454 e. The highest BCUT2D eigenvalue weighted by Crippen LogP contribution is 2.28. The number of hydrogen-bond donors (Lipinski definition) is 0. The van der Waals surface area contributed by atoms with Crippen molar-refractivity contribution in [1.82, 2.24) is 8.87 Å². The van der Waals surface area contributed by atoms with Gasteiger partial charge in [0.15, 0.2) is 6.61 Å². The zero-order valence-electron chi connectivity index (χ0n) is 18.9. The van der Waals surface area contributed by atoms with Crippen LogP contribution in [-0.2, 0) is 14.8 Å². The van der Waals surface area contributed by atoms with Crippen molar-refractivity contribution >= 4 is 33.4 Å². The average Bonchev–Trinajstić information content (AvgIpc) is 3.06. The molecule has 0 unspecified atom stereocenters. The molecule has 7 nitrogen and oxygen atoms in total. The second-order valence-electron chi connectivity index (χ2n) is 8.36. The molecule has 0 aliphatic carbocycles. The molecule has 0 atom stereocenters. The van der Waals surface area contributed by atoms with Gasteiger partial charge >= 0.3 is 5.97 Å². The summed E-state index contributed by atoms with van der Waals surface area (Å²) in [4.78, 5) is 25.1. The van der Waals surface area contributed by atoms with Gasteiger partial charge in [-0.3, -0.25) is 4.79 Å². The minimum atomic E-state index is -3.81. The van der Waals surface area contributed by atoms with E-state index in [0.717, 1.165) is 30.7 Å². The highest BCUT2D eigenvalue weighted by molar-refractivity contribution is 7.89. The zero-order valence-corrected chi connectivity index (χ0v) is 20.4. The third-order valence-corrected chi connectivity index (χ3v) is 8.12. The van der Waals surface area contributed by atoms with Crippen molar-refractivity contribution in [2.45, 2.75) is 57.9 Å². The van der Waals surface area contributed by atoms with Crippen LogP contribution in [0.15, 0.2) is 29.2 Å². The lowest BCUT2D eigenvalue weighted by molar-refractivity contribution is 0.0474. The molecular weight excluding hydrogens is 452 g/mol. The maximum absolute atomic E-state index is 13.0. The number of piperidine rings is 1. The summed E-state index contributed by atoms with van der Waals surface area (Å²) >= 11 is 6.16. The van der Waals surface area contributed by atoms with Gasteiger partial charge in [0.05, 0.1) is 10.6 Å². The Balaban J connectivity index is 1.76. The number of halogens is 1. The van der Waals surface area contributed by atoms with Crippen molar-refractivity contribution < 1.29 is 22.7 Å². The number of sulfonamides is 1. The smallest absolute Gasteiger partial charge is 0.338 e. The molecule has 1 aliphatic heterocycles. The van der Waals surface area contributed by atoms with Gasteiger partial charge in [-0.05, 0) is 64.8 Å². The van der Waals surface area contributed by atoms with Gasteiger partial charge in [0.1, 0.15) is 4.90 Å². The molecule has 0 amide bonds. The van der Waals surface area contributed by atoms with Crippen LogP contribution in [0.5, 0.6) is 0 Å². The van der Waals surface area contributed by atoms with E-state index in [1.165, 1.54) is 22.5 Å². The summed E-state index contributed by atoms with van der Waals surface area (Å²) in [5, 5.41) is 0.0457. The van der Waals surface area contributed by atoms with Crippen molar-refractivity contribution in [3.8, 4) is 0 Å². The van der Waals surface area contributed by atoms with Crippen LogP contribution in [0, 0.1) is 13.8 Å². The Morgan fingerprint density at radius 3 is 2.34 bits per heavy atom. The predicted molar refractivity (Wildman–Crippen MR) is 123 cm³/mol. The monoisotopic (exact) mass is 480 g/mol. The minimum absolute atomic E-state index is 0.0328. The van der Waals surface area contributed by atoms with E-state index in [9.17, 15) is 18.0 Å². The van der Waals surface area contributed by atoms with Gasteiger partial charge in [-0.1, -0.05) is 18.0 Å². The molecular formula is C23H29ClN2O5S. The molecule has 1 aromatic heterocycles. The molecule has 1 aliphatic rings. The fourth-order valence-corrected chi connectivity index (χ4v) is 6.24. The molecule has 1 aromatic carbocycles. The molecule has 0 spiro atoms. The normalized spacial score (nSPS) is 15.2. The maximum Gasteiger partial charge on any atom is 0.338 e. The molecule has 1 saturated heterocycles. The van der Waals surface area contributed by atoms with Crippen LogP contribution in [0.4, 0.5) is 0 Å². The Hall–Kier alpha value is -2.16. The molecule has 3 rings (SSSR count). The summed E-state index contributed by atoms with van der Waals surface area (Å²) in [7, 11) is -3.81. The van der Waals surface area contributed by atoms with Gasteiger partial charge in [0.25, 0.3) is 0 Å². The summed E-state index contributed by atoms with van der Waals surface area (Å²) in [6.45, 7) is 8.27. The Bertz CT molecular complexity index is 1130. The number of carbonyl (C=O) groups is 2. The molecule has 2 heterocycles. The first-order chi connectivity index (χ1) is 15.0. The number of esters is 1. The topological polar surface area (TPSA) is 85.7 Å². The number of hydrogen-bond acceptors (Lipinski definition) is 5. The summed E-state index contributed by atoms with van der Waals surface area (Å²) in [6, 6.07) is 5.98. The van der Waals surface area contributed by atoms with Crippen LogP contribution in [0.2, 0.25) is 5.02 Å². The van der Waals surface area contributed by atoms with E-state index >= 15 is 0 Å². The first-order valence-corrected chi connectivity index (χ1v) is 12.5. The van der Waals surface area contributed by atoms with Crippen LogP contribution >= 0.6 is 11.6 Å². The van der Waals surface area contributed by atoms with Crippen LogP contribution < -0.4 is 0 Å². The first-order valence-electron chi connectivity index (χ1n) is 10.7. The number of ketones is 1. The highest BCUT2D eigenvalue weighted by atomic mass is 35.5. The van der Waals surface area contributed by atoms with E-state index in [4.69, 9.17) is 16.3 Å². The van der Waals surface area contributed by atoms with Crippen molar-refractivity contribution in [2.75, 3.05) is 19.7 Å². The van der Waals surface area contributed by atoms with Crippen LogP contribution in [-0.4, -0.2) is 48.7 Å². The molecule has 0 radical (unpaired) electrons. The van der Waals surface area contributed by atoms with Gasteiger partial charge in [0, 0.05) is 36.1 Å². The maximum atomic E-state index is 13.0. The lowest BCUT2D eigenvalue weighted by Crippen LogP contribution is -2.35. The van der Waals surface area contributed by atoms with E-state index in [-0.39, 0.29) is 27.3 Å². The van der Waals surface area contributed by atoms with Crippen molar-refractivity contribution in [1.29, 1.82) is 0 Å². The standard InChI is InChI=1S/C23H29ClN2O5S/c1-15(2)26-16(3)12-19(17(26)4)21(27)14-31-23(28)18-8-9-20(24)22(13-18)32(29,30)25-10-6-5-7-11-25/h8-9,12-13,15H,5-7,10-11,14H2,1-4H3. The second-order valence-corrected chi connectivity index (χ2v) is 10.7. The van der Waals surface area contributed by atoms with Gasteiger partial charge < -0.3 is 9.30 Å². The summed E-state index contributed by atoms with van der Waals surface area (Å²) in [6.07, 6.45) is 2.57. The van der Waals surface area contributed by atoms with E-state index < -0.39 is 22.6 Å². The largest absolute Gasteiger partial charge is 0.454 e. The Morgan fingerprint density at radius 1 is 1.09 bits per heavy atom. The van der Waals surface area contributed by atoms with E-state index in [0.29, 0.717) is 18.7 Å². The number of ether oxygens (including phenoxy) is 1. The molecule has 174 valence electrons. The number of Topliss-reactive ketones (excluding diaryl/α,β-unsaturated/α-hetero) is 1. The summed E-state index contributed by atoms with van der Waals surface area (Å²) in [5.41, 5.74) is 2.32. The van der Waals surface area contributed by atoms with Crippen LogP contribution in [0.3, 0.4) is 0 Å². The van der Waals surface area contributed by atoms with Crippen molar-refractivity contribution in [3.63, 3.8) is 0 Å². The molecule has 0 N–H and O–H groups in total. The Kier molecular flexibility index (Phi) is 7.47. The van der Waals surface area contributed by atoms with Crippen molar-refractivity contribution in [2.24, 2.45) is 0 Å². The number of aryl methyl sites for hydroxylation is 1. The van der Waals surface area contributed by atoms with Gasteiger partial charge in [-0.15, -0.1) is 0 Å². The molecule has 0 bridgehead atoms.